The summed E-state index contributed by atoms with van der Waals surface area (Å²) in [4.78, 5) is 23.5. The zero-order chi connectivity index (χ0) is 17.6. The number of carbonyl (C=O) groups is 1. The molecule has 132 valence electrons. The third kappa shape index (κ3) is 4.86. The fourth-order valence-corrected chi connectivity index (χ4v) is 3.37. The van der Waals surface area contributed by atoms with Gasteiger partial charge in [0.05, 0.1) is 11.9 Å². The van der Waals surface area contributed by atoms with Gasteiger partial charge >= 0.3 is 0 Å². The molecule has 1 aliphatic rings. The van der Waals surface area contributed by atoms with Crippen LogP contribution in [0.4, 0.5) is 0 Å². The molecule has 5 heteroatoms. The number of amides is 1. The van der Waals surface area contributed by atoms with Gasteiger partial charge in [-0.1, -0.05) is 29.8 Å². The number of likely N-dealkylation sites (N-methyl/N-ethyl adjacent to an activating group) is 1. The molecule has 0 spiro atoms. The van der Waals surface area contributed by atoms with Crippen molar-refractivity contribution in [3.63, 3.8) is 0 Å². The number of nitrogens with zero attached hydrogens (tertiary/aromatic N) is 3. The molecule has 0 aliphatic carbocycles. The van der Waals surface area contributed by atoms with Crippen LogP contribution in [-0.4, -0.2) is 47.5 Å². The molecule has 1 aromatic carbocycles. The zero-order valence-corrected chi connectivity index (χ0v) is 15.0. The van der Waals surface area contributed by atoms with Gasteiger partial charge in [-0.05, 0) is 45.3 Å². The summed E-state index contributed by atoms with van der Waals surface area (Å²) in [5.41, 5.74) is 3.80. The predicted molar refractivity (Wildman–Crippen MR) is 98.7 cm³/mol. The topological polar surface area (TPSA) is 58.1 Å². The van der Waals surface area contributed by atoms with Crippen molar-refractivity contribution in [3.8, 4) is 0 Å². The van der Waals surface area contributed by atoms with E-state index < -0.39 is 0 Å². The number of hydrogen-bond acceptors (Lipinski definition) is 4. The van der Waals surface area contributed by atoms with Crippen molar-refractivity contribution in [2.24, 2.45) is 0 Å². The lowest BCUT2D eigenvalue weighted by atomic mass is 9.95. The van der Waals surface area contributed by atoms with Gasteiger partial charge in [0, 0.05) is 25.2 Å². The van der Waals surface area contributed by atoms with Crippen molar-refractivity contribution in [2.75, 3.05) is 26.7 Å². The van der Waals surface area contributed by atoms with Crippen LogP contribution in [0, 0.1) is 6.92 Å². The van der Waals surface area contributed by atoms with E-state index in [1.165, 1.54) is 11.1 Å². The Morgan fingerprint density at radius 1 is 1.36 bits per heavy atom. The molecule has 0 saturated carbocycles. The van der Waals surface area contributed by atoms with Gasteiger partial charge in [0.2, 0.25) is 0 Å². The molecule has 0 radical (unpaired) electrons. The van der Waals surface area contributed by atoms with E-state index in [0.717, 1.165) is 38.0 Å². The number of aryl methyl sites for hydroxylation is 1. The largest absolute Gasteiger partial charge is 0.350 e. The van der Waals surface area contributed by atoms with Crippen LogP contribution < -0.4 is 5.32 Å². The maximum atomic E-state index is 12.4. The number of carbonyl (C=O) groups excluding carboxylic acids is 1. The van der Waals surface area contributed by atoms with E-state index in [0.29, 0.717) is 18.2 Å². The molecule has 2 aromatic rings. The van der Waals surface area contributed by atoms with Crippen LogP contribution in [0.5, 0.6) is 0 Å². The number of likely N-dealkylation sites (tertiary alicyclic amines) is 1. The minimum atomic E-state index is -0.147. The number of benzene rings is 1. The summed E-state index contributed by atoms with van der Waals surface area (Å²) in [6, 6.07) is 8.35. The Labute approximate surface area is 149 Å². The second-order valence-corrected chi connectivity index (χ2v) is 6.93. The Balaban J connectivity index is 1.57. The van der Waals surface area contributed by atoms with E-state index in [1.54, 1.807) is 12.4 Å². The lowest BCUT2D eigenvalue weighted by Gasteiger charge is -2.29. The Morgan fingerprint density at radius 3 is 3.04 bits per heavy atom. The van der Waals surface area contributed by atoms with Crippen LogP contribution in [0.25, 0.3) is 0 Å². The third-order valence-corrected chi connectivity index (χ3v) is 4.71. The van der Waals surface area contributed by atoms with Gasteiger partial charge in [-0.2, -0.15) is 0 Å². The highest BCUT2D eigenvalue weighted by Crippen LogP contribution is 2.24. The van der Waals surface area contributed by atoms with Crippen LogP contribution in [0.3, 0.4) is 0 Å². The van der Waals surface area contributed by atoms with E-state index >= 15 is 0 Å². The van der Waals surface area contributed by atoms with Gasteiger partial charge in [-0.15, -0.1) is 0 Å². The molecule has 1 saturated heterocycles. The molecule has 1 aromatic heterocycles. The highest BCUT2D eigenvalue weighted by atomic mass is 16.1. The van der Waals surface area contributed by atoms with Crippen molar-refractivity contribution >= 4 is 5.91 Å². The van der Waals surface area contributed by atoms with Gasteiger partial charge in [-0.25, -0.2) is 4.98 Å². The highest BCUT2D eigenvalue weighted by molar-refractivity contribution is 5.91. The van der Waals surface area contributed by atoms with E-state index in [9.17, 15) is 4.79 Å². The zero-order valence-electron chi connectivity index (χ0n) is 15.0. The summed E-state index contributed by atoms with van der Waals surface area (Å²) >= 11 is 0. The molecule has 1 fully saturated rings. The monoisotopic (exact) mass is 338 g/mol. The molecule has 25 heavy (non-hydrogen) atoms. The van der Waals surface area contributed by atoms with Crippen molar-refractivity contribution in [2.45, 2.75) is 32.1 Å². The molecule has 3 rings (SSSR count). The first-order chi connectivity index (χ1) is 12.1. The van der Waals surface area contributed by atoms with Crippen LogP contribution in [-0.2, 0) is 6.42 Å². The molecular formula is C20H26N4O. The minimum Gasteiger partial charge on any atom is -0.350 e. The quantitative estimate of drug-likeness (QED) is 0.910. The van der Waals surface area contributed by atoms with Crippen molar-refractivity contribution in [1.29, 1.82) is 0 Å². The minimum absolute atomic E-state index is 0.147. The smallest absolute Gasteiger partial charge is 0.271 e. The number of hydrogen-bond donors (Lipinski definition) is 1. The first-order valence-corrected chi connectivity index (χ1v) is 8.96. The number of piperidine rings is 1. The lowest BCUT2D eigenvalue weighted by molar-refractivity contribution is 0.0948. The molecule has 1 amide bonds. The van der Waals surface area contributed by atoms with Crippen molar-refractivity contribution < 1.29 is 4.79 Å². The first-order valence-electron chi connectivity index (χ1n) is 8.96. The average molecular weight is 338 g/mol. The second-order valence-electron chi connectivity index (χ2n) is 6.93. The summed E-state index contributed by atoms with van der Waals surface area (Å²) < 4.78 is 0. The Kier molecular flexibility index (Phi) is 5.76. The number of aromatic nitrogens is 2. The lowest BCUT2D eigenvalue weighted by Crippen LogP contribution is -2.32. The van der Waals surface area contributed by atoms with E-state index in [4.69, 9.17) is 0 Å². The molecule has 1 N–H and O–H groups in total. The summed E-state index contributed by atoms with van der Waals surface area (Å²) in [5, 5.41) is 2.95. The van der Waals surface area contributed by atoms with Crippen LogP contribution in [0.15, 0.2) is 36.7 Å². The van der Waals surface area contributed by atoms with Crippen LogP contribution in [0.2, 0.25) is 0 Å². The number of nitrogens with one attached hydrogen (secondary N) is 1. The third-order valence-electron chi connectivity index (χ3n) is 4.71. The summed E-state index contributed by atoms with van der Waals surface area (Å²) in [5.74, 6) is 0.220. The predicted octanol–water partition coefficient (Wildman–Crippen LogP) is 2.57. The normalized spacial score (nSPS) is 18.1. The first kappa shape index (κ1) is 17.5. The van der Waals surface area contributed by atoms with Gasteiger partial charge < -0.3 is 10.2 Å². The molecular weight excluding hydrogens is 312 g/mol. The summed E-state index contributed by atoms with van der Waals surface area (Å²) in [6.07, 6.45) is 6.44. The SMILES string of the molecule is Cc1cccc(CCNC(=O)c2cncc(C3CCCN(C)C3)n2)c1. The van der Waals surface area contributed by atoms with Crippen molar-refractivity contribution in [1.82, 2.24) is 20.2 Å². The Hall–Kier alpha value is -2.27. The van der Waals surface area contributed by atoms with E-state index in [2.05, 4.69) is 52.4 Å². The van der Waals surface area contributed by atoms with Gasteiger partial charge in [0.1, 0.15) is 5.69 Å². The molecule has 5 nitrogen and oxygen atoms in total. The molecule has 1 unspecified atom stereocenters. The standard InChI is InChI=1S/C20H26N4O/c1-15-5-3-6-16(11-15)8-9-22-20(25)19-13-21-12-18(23-19)17-7-4-10-24(2)14-17/h3,5-6,11-13,17H,4,7-10,14H2,1-2H3,(H,22,25). The number of rotatable bonds is 5. The summed E-state index contributed by atoms with van der Waals surface area (Å²) in [7, 11) is 2.13. The van der Waals surface area contributed by atoms with Crippen LogP contribution >= 0.6 is 0 Å². The Morgan fingerprint density at radius 2 is 2.24 bits per heavy atom. The average Bonchev–Trinajstić information content (AvgIpc) is 2.62. The van der Waals surface area contributed by atoms with Crippen LogP contribution in [0.1, 0.15) is 46.1 Å². The van der Waals surface area contributed by atoms with E-state index in [1.807, 2.05) is 6.07 Å². The summed E-state index contributed by atoms with van der Waals surface area (Å²) in [6.45, 7) is 4.78. The highest BCUT2D eigenvalue weighted by Gasteiger charge is 2.21. The Bertz CT molecular complexity index is 731. The molecule has 1 atom stereocenters. The fourth-order valence-electron chi connectivity index (χ4n) is 3.37. The molecule has 1 aliphatic heterocycles. The van der Waals surface area contributed by atoms with Crippen molar-refractivity contribution in [3.05, 3.63) is 59.2 Å². The maximum absolute atomic E-state index is 12.4. The van der Waals surface area contributed by atoms with Gasteiger partial charge in [0.15, 0.2) is 0 Å². The molecule has 2 heterocycles. The van der Waals surface area contributed by atoms with Gasteiger partial charge in [0.25, 0.3) is 5.91 Å². The maximum Gasteiger partial charge on any atom is 0.271 e. The fraction of sp³-hybridized carbons (Fsp3) is 0.450. The second kappa shape index (κ2) is 8.21. The van der Waals surface area contributed by atoms with E-state index in [-0.39, 0.29) is 5.91 Å². The van der Waals surface area contributed by atoms with Gasteiger partial charge in [-0.3, -0.25) is 9.78 Å². The molecule has 0 bridgehead atoms.